The highest BCUT2D eigenvalue weighted by Crippen LogP contribution is 2.38. The lowest BCUT2D eigenvalue weighted by Crippen LogP contribution is -2.45. The Hall–Kier alpha value is -4.28. The molecule has 4 nitrogen and oxygen atoms in total. The van der Waals surface area contributed by atoms with E-state index < -0.39 is 0 Å². The predicted octanol–water partition coefficient (Wildman–Crippen LogP) is 8.06. The smallest absolute Gasteiger partial charge is 0.236 e. The third-order valence-electron chi connectivity index (χ3n) is 8.53. The van der Waals surface area contributed by atoms with Gasteiger partial charge in [-0.1, -0.05) is 110 Å². The van der Waals surface area contributed by atoms with E-state index in [1.54, 1.807) is 0 Å². The molecule has 5 aromatic rings. The Morgan fingerprint density at radius 1 is 0.857 bits per heavy atom. The number of pyridine rings is 1. The summed E-state index contributed by atoms with van der Waals surface area (Å²) in [5.74, 6) is 0.872. The number of amides is 1. The van der Waals surface area contributed by atoms with Crippen molar-refractivity contribution in [3.63, 3.8) is 0 Å². The molecule has 4 heteroatoms. The van der Waals surface area contributed by atoms with Gasteiger partial charge in [-0.3, -0.25) is 9.69 Å². The maximum absolute atomic E-state index is 14.0. The third kappa shape index (κ3) is 6.29. The number of rotatable bonds is 8. The fraction of sp³-hybridized carbons (Fsp3) is 0.263. The Labute approximate surface area is 249 Å². The summed E-state index contributed by atoms with van der Waals surface area (Å²) in [7, 11) is 0. The minimum Gasteiger partial charge on any atom is -0.342 e. The van der Waals surface area contributed by atoms with Gasteiger partial charge in [0.2, 0.25) is 5.91 Å². The molecule has 0 saturated carbocycles. The number of nitrogens with zero attached hydrogens (tertiary/aromatic N) is 3. The van der Waals surface area contributed by atoms with Crippen molar-refractivity contribution in [2.75, 3.05) is 19.6 Å². The summed E-state index contributed by atoms with van der Waals surface area (Å²) in [6.07, 6.45) is 2.14. The molecule has 1 aliphatic rings. The minimum absolute atomic E-state index is 0.174. The summed E-state index contributed by atoms with van der Waals surface area (Å²) in [5.41, 5.74) is 7.66. The van der Waals surface area contributed by atoms with Gasteiger partial charge in [0.25, 0.3) is 0 Å². The number of hydrogen-bond acceptors (Lipinski definition) is 3. The minimum atomic E-state index is -0.174. The van der Waals surface area contributed by atoms with E-state index in [0.29, 0.717) is 19.0 Å². The van der Waals surface area contributed by atoms with Crippen molar-refractivity contribution >= 4 is 16.8 Å². The maximum atomic E-state index is 14.0. The van der Waals surface area contributed by atoms with Crippen LogP contribution >= 0.6 is 0 Å². The third-order valence-corrected chi connectivity index (χ3v) is 8.53. The summed E-state index contributed by atoms with van der Waals surface area (Å²) in [6, 6.07) is 40.2. The van der Waals surface area contributed by atoms with Crippen LogP contribution in [0, 0.1) is 12.8 Å². The van der Waals surface area contributed by atoms with E-state index in [4.69, 9.17) is 4.98 Å². The van der Waals surface area contributed by atoms with E-state index in [0.717, 1.165) is 59.2 Å². The highest BCUT2D eigenvalue weighted by molar-refractivity contribution is 5.85. The molecular weight excluding hydrogens is 514 g/mol. The molecule has 0 spiro atoms. The second-order valence-corrected chi connectivity index (χ2v) is 11.8. The van der Waals surface area contributed by atoms with Crippen LogP contribution in [0.4, 0.5) is 0 Å². The number of benzene rings is 4. The maximum Gasteiger partial charge on any atom is 0.236 e. The van der Waals surface area contributed by atoms with Gasteiger partial charge >= 0.3 is 0 Å². The molecule has 1 fully saturated rings. The highest BCUT2D eigenvalue weighted by atomic mass is 16.2. The molecule has 42 heavy (non-hydrogen) atoms. The summed E-state index contributed by atoms with van der Waals surface area (Å²) in [6.45, 7) is 7.06. The van der Waals surface area contributed by atoms with Crippen LogP contribution in [0.25, 0.3) is 22.2 Å². The molecule has 1 aromatic heterocycles. The van der Waals surface area contributed by atoms with Gasteiger partial charge in [0.15, 0.2) is 0 Å². The average Bonchev–Trinajstić information content (AvgIpc) is 3.02. The quantitative estimate of drug-likeness (QED) is 0.195. The van der Waals surface area contributed by atoms with Crippen molar-refractivity contribution in [3.8, 4) is 11.3 Å². The molecule has 2 heterocycles. The van der Waals surface area contributed by atoms with Gasteiger partial charge in [0.1, 0.15) is 0 Å². The number of carbonyl (C=O) groups excluding carboxylic acids is 1. The second kappa shape index (κ2) is 12.7. The summed E-state index contributed by atoms with van der Waals surface area (Å²) >= 11 is 0. The van der Waals surface area contributed by atoms with Gasteiger partial charge < -0.3 is 4.90 Å². The normalized spacial score (nSPS) is 14.8. The van der Waals surface area contributed by atoms with Crippen LogP contribution in [-0.2, 0) is 11.3 Å². The first-order chi connectivity index (χ1) is 20.5. The zero-order valence-corrected chi connectivity index (χ0v) is 24.6. The van der Waals surface area contributed by atoms with Crippen molar-refractivity contribution < 1.29 is 4.79 Å². The molecule has 212 valence electrons. The van der Waals surface area contributed by atoms with Crippen LogP contribution < -0.4 is 0 Å². The van der Waals surface area contributed by atoms with Gasteiger partial charge in [-0.05, 0) is 55.0 Å². The van der Waals surface area contributed by atoms with E-state index in [9.17, 15) is 4.79 Å². The van der Waals surface area contributed by atoms with Crippen LogP contribution in [0.5, 0.6) is 0 Å². The molecule has 0 aliphatic carbocycles. The zero-order chi connectivity index (χ0) is 28.9. The monoisotopic (exact) mass is 553 g/mol. The molecule has 1 amide bonds. The van der Waals surface area contributed by atoms with Crippen LogP contribution in [0.15, 0.2) is 115 Å². The fourth-order valence-electron chi connectivity index (χ4n) is 6.16. The molecule has 1 unspecified atom stereocenters. The molecule has 6 rings (SSSR count). The molecule has 0 radical (unpaired) electrons. The number of aromatic nitrogens is 1. The van der Waals surface area contributed by atoms with Gasteiger partial charge in [-0.15, -0.1) is 0 Å². The molecular formula is C38H39N3O. The molecule has 1 atom stereocenters. The van der Waals surface area contributed by atoms with Crippen molar-refractivity contribution in [1.29, 1.82) is 0 Å². The number of aryl methyl sites for hydroxylation is 1. The Morgan fingerprint density at radius 2 is 1.50 bits per heavy atom. The lowest BCUT2D eigenvalue weighted by atomic mass is 9.91. The summed E-state index contributed by atoms with van der Waals surface area (Å²) in [4.78, 5) is 23.7. The standard InChI is InChI=1S/C38H39N3O/c1-28-20-22-40(23-21-28)36(42)27-41(26-30-12-6-3-7-13-30)38(32-16-10-5-11-17-32)34-25-33-24-29(2)18-19-35(33)39-37(34)31-14-8-4-9-15-31/h3-19,24-25,28,38H,20-23,26-27H2,1-2H3. The Kier molecular flexibility index (Phi) is 8.43. The predicted molar refractivity (Wildman–Crippen MR) is 172 cm³/mol. The van der Waals surface area contributed by atoms with E-state index in [1.165, 1.54) is 11.1 Å². The lowest BCUT2D eigenvalue weighted by Gasteiger charge is -2.36. The number of piperidine rings is 1. The van der Waals surface area contributed by atoms with Crippen molar-refractivity contribution in [2.24, 2.45) is 5.92 Å². The van der Waals surface area contributed by atoms with E-state index >= 15 is 0 Å². The summed E-state index contributed by atoms with van der Waals surface area (Å²) in [5, 5.41) is 1.11. The van der Waals surface area contributed by atoms with E-state index in [-0.39, 0.29) is 11.9 Å². The van der Waals surface area contributed by atoms with Gasteiger partial charge in [-0.25, -0.2) is 4.98 Å². The zero-order valence-electron chi connectivity index (χ0n) is 24.6. The van der Waals surface area contributed by atoms with Gasteiger partial charge in [0.05, 0.1) is 23.8 Å². The molecule has 4 aromatic carbocycles. The number of carbonyl (C=O) groups is 1. The largest absolute Gasteiger partial charge is 0.342 e. The Morgan fingerprint density at radius 3 is 2.19 bits per heavy atom. The van der Waals surface area contributed by atoms with Crippen molar-refractivity contribution in [1.82, 2.24) is 14.8 Å². The molecule has 0 N–H and O–H groups in total. The van der Waals surface area contributed by atoms with E-state index in [2.05, 4.69) is 127 Å². The number of likely N-dealkylation sites (tertiary alicyclic amines) is 1. The van der Waals surface area contributed by atoms with Gasteiger partial charge in [0, 0.05) is 36.1 Å². The number of fused-ring (bicyclic) bond motifs is 1. The Balaban J connectivity index is 1.52. The Bertz CT molecular complexity index is 1630. The second-order valence-electron chi connectivity index (χ2n) is 11.8. The highest BCUT2D eigenvalue weighted by Gasteiger charge is 2.30. The number of hydrogen-bond donors (Lipinski definition) is 0. The average molecular weight is 554 g/mol. The van der Waals surface area contributed by atoms with E-state index in [1.807, 2.05) is 12.1 Å². The van der Waals surface area contributed by atoms with Crippen LogP contribution in [-0.4, -0.2) is 40.3 Å². The first kappa shape index (κ1) is 27.9. The van der Waals surface area contributed by atoms with Crippen LogP contribution in [0.1, 0.15) is 48.1 Å². The van der Waals surface area contributed by atoms with Crippen molar-refractivity contribution in [2.45, 2.75) is 39.3 Å². The first-order valence-electron chi connectivity index (χ1n) is 15.1. The lowest BCUT2D eigenvalue weighted by molar-refractivity contribution is -0.134. The first-order valence-corrected chi connectivity index (χ1v) is 15.1. The van der Waals surface area contributed by atoms with Crippen LogP contribution in [0.3, 0.4) is 0 Å². The topological polar surface area (TPSA) is 36.4 Å². The molecule has 1 saturated heterocycles. The molecule has 0 bridgehead atoms. The fourth-order valence-corrected chi connectivity index (χ4v) is 6.16. The SMILES string of the molecule is Cc1ccc2nc(-c3ccccc3)c(C(c3ccccc3)N(CC(=O)N3CCC(C)CC3)Cc3ccccc3)cc2c1. The molecule has 1 aliphatic heterocycles. The van der Waals surface area contributed by atoms with Gasteiger partial charge in [-0.2, -0.15) is 0 Å². The van der Waals surface area contributed by atoms with Crippen LogP contribution in [0.2, 0.25) is 0 Å². The summed E-state index contributed by atoms with van der Waals surface area (Å²) < 4.78 is 0. The van der Waals surface area contributed by atoms with Crippen molar-refractivity contribution in [3.05, 3.63) is 138 Å².